The fourth-order valence-electron chi connectivity index (χ4n) is 4.44. The van der Waals surface area contributed by atoms with E-state index in [0.717, 1.165) is 70.6 Å². The molecule has 0 bridgehead atoms. The third kappa shape index (κ3) is 3.46. The summed E-state index contributed by atoms with van der Waals surface area (Å²) in [6, 6.07) is 10.6. The molecule has 1 unspecified atom stereocenters. The number of ether oxygens (including phenoxy) is 2. The molecule has 4 rings (SSSR count). The molecule has 3 heterocycles. The Hall–Kier alpha value is -1.43. The molecule has 0 aromatic heterocycles. The smallest absolute Gasteiger partial charge is 0.260 e. The minimum atomic E-state index is -0.678. The van der Waals surface area contributed by atoms with E-state index in [2.05, 4.69) is 4.90 Å². The number of para-hydroxylation sites is 1. The first-order valence-electron chi connectivity index (χ1n) is 9.61. The Labute approximate surface area is 149 Å². The average molecular weight is 344 g/mol. The van der Waals surface area contributed by atoms with E-state index < -0.39 is 5.60 Å². The van der Waals surface area contributed by atoms with Crippen LogP contribution in [-0.2, 0) is 14.3 Å². The Morgan fingerprint density at radius 3 is 2.60 bits per heavy atom. The predicted molar refractivity (Wildman–Crippen MR) is 96.7 cm³/mol. The summed E-state index contributed by atoms with van der Waals surface area (Å²) in [6.07, 6.45) is 5.02. The summed E-state index contributed by atoms with van der Waals surface area (Å²) in [5.41, 5.74) is 0.309. The van der Waals surface area contributed by atoms with Crippen molar-refractivity contribution in [2.24, 2.45) is 0 Å². The minimum Gasteiger partial charge on any atom is -0.381 e. The second-order valence-electron chi connectivity index (χ2n) is 7.41. The van der Waals surface area contributed by atoms with Gasteiger partial charge >= 0.3 is 0 Å². The van der Waals surface area contributed by atoms with Crippen molar-refractivity contribution in [3.63, 3.8) is 0 Å². The van der Waals surface area contributed by atoms with E-state index in [1.165, 1.54) is 0 Å². The van der Waals surface area contributed by atoms with E-state index in [0.29, 0.717) is 12.6 Å². The van der Waals surface area contributed by atoms with Crippen LogP contribution in [0, 0.1) is 0 Å². The number of morpholine rings is 1. The Morgan fingerprint density at radius 1 is 1.00 bits per heavy atom. The monoisotopic (exact) mass is 344 g/mol. The lowest BCUT2D eigenvalue weighted by atomic mass is 9.92. The third-order valence-corrected chi connectivity index (χ3v) is 5.84. The lowest BCUT2D eigenvalue weighted by Gasteiger charge is -2.46. The molecule has 5 nitrogen and oxygen atoms in total. The van der Waals surface area contributed by atoms with Gasteiger partial charge in [-0.3, -0.25) is 9.69 Å². The minimum absolute atomic E-state index is 0.146. The van der Waals surface area contributed by atoms with Gasteiger partial charge in [-0.15, -0.1) is 0 Å². The third-order valence-electron chi connectivity index (χ3n) is 5.84. The summed E-state index contributed by atoms with van der Waals surface area (Å²) < 4.78 is 11.7. The fraction of sp³-hybridized carbons (Fsp3) is 0.650. The van der Waals surface area contributed by atoms with Crippen molar-refractivity contribution in [3.8, 4) is 0 Å². The van der Waals surface area contributed by atoms with Crippen molar-refractivity contribution in [1.29, 1.82) is 0 Å². The summed E-state index contributed by atoms with van der Waals surface area (Å²) in [6.45, 7) is 4.74. The molecule has 136 valence electrons. The van der Waals surface area contributed by atoms with Gasteiger partial charge in [0.2, 0.25) is 0 Å². The molecule has 0 N–H and O–H groups in total. The highest BCUT2D eigenvalue weighted by Gasteiger charge is 2.48. The quantitative estimate of drug-likeness (QED) is 0.826. The number of carbonyl (C=O) groups excluding carboxylic acids is 1. The van der Waals surface area contributed by atoms with Crippen LogP contribution in [0.25, 0.3) is 0 Å². The molecule has 1 spiro atoms. The first-order valence-corrected chi connectivity index (χ1v) is 9.61. The van der Waals surface area contributed by atoms with Gasteiger partial charge in [0.25, 0.3) is 5.91 Å². The van der Waals surface area contributed by atoms with E-state index in [9.17, 15) is 4.79 Å². The maximum Gasteiger partial charge on any atom is 0.260 e. The molecule has 3 fully saturated rings. The number of hydrogen-bond donors (Lipinski definition) is 0. The zero-order valence-corrected chi connectivity index (χ0v) is 14.9. The zero-order valence-electron chi connectivity index (χ0n) is 14.9. The van der Waals surface area contributed by atoms with E-state index in [-0.39, 0.29) is 5.91 Å². The van der Waals surface area contributed by atoms with Crippen molar-refractivity contribution in [1.82, 2.24) is 4.90 Å². The Morgan fingerprint density at radius 2 is 1.80 bits per heavy atom. The maximum atomic E-state index is 13.5. The molecule has 3 aliphatic heterocycles. The molecule has 3 aliphatic rings. The van der Waals surface area contributed by atoms with E-state index in [4.69, 9.17) is 9.47 Å². The van der Waals surface area contributed by atoms with Crippen LogP contribution >= 0.6 is 0 Å². The highest BCUT2D eigenvalue weighted by molar-refractivity contribution is 6.00. The van der Waals surface area contributed by atoms with Crippen molar-refractivity contribution in [2.45, 2.75) is 43.7 Å². The Balaban J connectivity index is 1.56. The number of amides is 1. The number of nitrogens with zero attached hydrogens (tertiary/aromatic N) is 2. The molecule has 0 radical (unpaired) electrons. The number of anilines is 1. The van der Waals surface area contributed by atoms with Gasteiger partial charge in [0, 0.05) is 44.6 Å². The largest absolute Gasteiger partial charge is 0.381 e. The number of benzene rings is 1. The second-order valence-corrected chi connectivity index (χ2v) is 7.41. The van der Waals surface area contributed by atoms with Crippen LogP contribution in [0.2, 0.25) is 0 Å². The number of hydrogen-bond acceptors (Lipinski definition) is 4. The molecule has 3 saturated heterocycles. The first kappa shape index (κ1) is 17.0. The molecule has 1 atom stereocenters. The molecule has 5 heteroatoms. The molecule has 1 aromatic rings. The van der Waals surface area contributed by atoms with Crippen LogP contribution in [0.3, 0.4) is 0 Å². The van der Waals surface area contributed by atoms with Crippen molar-refractivity contribution >= 4 is 11.6 Å². The SMILES string of the molecule is O=C1N(c2ccccc2)CCCCC12CN(C1CCOCC1)CCO2. The molecule has 0 aliphatic carbocycles. The topological polar surface area (TPSA) is 42.0 Å². The second kappa shape index (κ2) is 7.44. The zero-order chi connectivity index (χ0) is 17.1. The van der Waals surface area contributed by atoms with Crippen LogP contribution < -0.4 is 4.90 Å². The molecule has 1 amide bonds. The van der Waals surface area contributed by atoms with Crippen LogP contribution in [0.1, 0.15) is 32.1 Å². The Kier molecular flexibility index (Phi) is 5.06. The van der Waals surface area contributed by atoms with E-state index in [1.807, 2.05) is 35.2 Å². The van der Waals surface area contributed by atoms with Gasteiger partial charge in [-0.05, 0) is 44.2 Å². The van der Waals surface area contributed by atoms with Gasteiger partial charge in [0.05, 0.1) is 6.61 Å². The molecular weight excluding hydrogens is 316 g/mol. The lowest BCUT2D eigenvalue weighted by Crippen LogP contribution is -2.62. The molecule has 0 saturated carbocycles. The van der Waals surface area contributed by atoms with Gasteiger partial charge in [-0.25, -0.2) is 0 Å². The van der Waals surface area contributed by atoms with Crippen LogP contribution in [-0.4, -0.2) is 61.9 Å². The average Bonchev–Trinajstić information content (AvgIpc) is 2.83. The number of carbonyl (C=O) groups is 1. The first-order chi connectivity index (χ1) is 12.3. The highest BCUT2D eigenvalue weighted by atomic mass is 16.5. The normalized spacial score (nSPS) is 29.8. The van der Waals surface area contributed by atoms with Crippen LogP contribution in [0.15, 0.2) is 30.3 Å². The summed E-state index contributed by atoms with van der Waals surface area (Å²) in [4.78, 5) is 17.9. The van der Waals surface area contributed by atoms with Crippen LogP contribution in [0.4, 0.5) is 5.69 Å². The predicted octanol–water partition coefficient (Wildman–Crippen LogP) is 2.45. The summed E-state index contributed by atoms with van der Waals surface area (Å²) in [5, 5.41) is 0. The summed E-state index contributed by atoms with van der Waals surface area (Å²) >= 11 is 0. The maximum absolute atomic E-state index is 13.5. The molecule has 25 heavy (non-hydrogen) atoms. The standard InChI is InChI=1S/C20H28N2O3/c23-19-20(10-4-5-11-22(19)18-6-2-1-3-7-18)16-21(12-15-25-20)17-8-13-24-14-9-17/h1-3,6-7,17H,4-5,8-16H2. The highest BCUT2D eigenvalue weighted by Crippen LogP contribution is 2.33. The molecular formula is C20H28N2O3. The van der Waals surface area contributed by atoms with Crippen molar-refractivity contribution in [3.05, 3.63) is 30.3 Å². The van der Waals surface area contributed by atoms with Crippen molar-refractivity contribution < 1.29 is 14.3 Å². The summed E-state index contributed by atoms with van der Waals surface area (Å²) in [7, 11) is 0. The van der Waals surface area contributed by atoms with Crippen molar-refractivity contribution in [2.75, 3.05) is 44.4 Å². The van der Waals surface area contributed by atoms with E-state index in [1.54, 1.807) is 0 Å². The van der Waals surface area contributed by atoms with Gasteiger partial charge < -0.3 is 14.4 Å². The summed E-state index contributed by atoms with van der Waals surface area (Å²) in [5.74, 6) is 0.146. The Bertz CT molecular complexity index is 588. The van der Waals surface area contributed by atoms with Gasteiger partial charge in [-0.2, -0.15) is 0 Å². The van der Waals surface area contributed by atoms with Gasteiger partial charge in [-0.1, -0.05) is 18.2 Å². The fourth-order valence-corrected chi connectivity index (χ4v) is 4.44. The number of rotatable bonds is 2. The van der Waals surface area contributed by atoms with E-state index >= 15 is 0 Å². The van der Waals surface area contributed by atoms with Gasteiger partial charge in [0.15, 0.2) is 5.60 Å². The van der Waals surface area contributed by atoms with Crippen LogP contribution in [0.5, 0.6) is 0 Å². The lowest BCUT2D eigenvalue weighted by molar-refractivity contribution is -0.162. The van der Waals surface area contributed by atoms with Gasteiger partial charge in [0.1, 0.15) is 0 Å². The molecule has 1 aromatic carbocycles.